The number of carbonyl (C=O) groups excluding carboxylic acids is 1. The summed E-state index contributed by atoms with van der Waals surface area (Å²) < 4.78 is 27.2. The van der Waals surface area contributed by atoms with Crippen molar-refractivity contribution in [3.8, 4) is 0 Å². The van der Waals surface area contributed by atoms with Crippen LogP contribution < -0.4 is 0 Å². The van der Waals surface area contributed by atoms with Gasteiger partial charge in [0.2, 0.25) is 15.9 Å². The first kappa shape index (κ1) is 20.9. The van der Waals surface area contributed by atoms with Gasteiger partial charge in [-0.2, -0.15) is 4.31 Å². The molecule has 1 aliphatic carbocycles. The summed E-state index contributed by atoms with van der Waals surface area (Å²) >= 11 is 18.3. The van der Waals surface area contributed by atoms with Gasteiger partial charge >= 0.3 is 0 Å². The molecule has 0 bridgehead atoms. The molecule has 0 aromatic heterocycles. The van der Waals surface area contributed by atoms with Gasteiger partial charge in [0.25, 0.3) is 0 Å². The number of amides is 1. The van der Waals surface area contributed by atoms with E-state index in [0.29, 0.717) is 23.1 Å². The lowest BCUT2D eigenvalue weighted by atomic mass is 10.1. The van der Waals surface area contributed by atoms with Gasteiger partial charge in [-0.15, -0.1) is 0 Å². The predicted molar refractivity (Wildman–Crippen MR) is 114 cm³/mol. The molecule has 2 atom stereocenters. The van der Waals surface area contributed by atoms with Gasteiger partial charge in [-0.1, -0.05) is 53.0 Å². The lowest BCUT2D eigenvalue weighted by Crippen LogP contribution is -2.51. The number of sulfonamides is 1. The number of hydrogen-bond donors (Lipinski definition) is 0. The third-order valence-electron chi connectivity index (χ3n) is 5.47. The molecule has 1 saturated heterocycles. The molecular formula is C20H19Cl3N2O3S. The second-order valence-electron chi connectivity index (χ2n) is 7.27. The third-order valence-corrected chi connectivity index (χ3v) is 8.43. The highest BCUT2D eigenvalue weighted by atomic mass is 35.5. The predicted octanol–water partition coefficient (Wildman–Crippen LogP) is 4.28. The van der Waals surface area contributed by atoms with Crippen molar-refractivity contribution in [2.75, 3.05) is 26.2 Å². The number of halogens is 3. The van der Waals surface area contributed by atoms with Gasteiger partial charge in [0, 0.05) is 42.1 Å². The van der Waals surface area contributed by atoms with Crippen LogP contribution in [0, 0.1) is 5.92 Å². The highest BCUT2D eigenvalue weighted by Gasteiger charge is 2.47. The van der Waals surface area contributed by atoms with Gasteiger partial charge in [-0.05, 0) is 42.2 Å². The zero-order chi connectivity index (χ0) is 20.8. The number of piperazine rings is 1. The smallest absolute Gasteiger partial charge is 0.244 e. The molecule has 1 amide bonds. The Kier molecular flexibility index (Phi) is 5.84. The largest absolute Gasteiger partial charge is 0.340 e. The summed E-state index contributed by atoms with van der Waals surface area (Å²) in [5, 5.41) is 1.12. The second-order valence-corrected chi connectivity index (χ2v) is 10.4. The maximum atomic E-state index is 12.9. The van der Waals surface area contributed by atoms with Crippen molar-refractivity contribution in [2.45, 2.75) is 17.2 Å². The molecule has 4 rings (SSSR count). The highest BCUT2D eigenvalue weighted by molar-refractivity contribution is 7.89. The van der Waals surface area contributed by atoms with Crippen LogP contribution in [0.25, 0.3) is 0 Å². The van der Waals surface area contributed by atoms with E-state index < -0.39 is 10.0 Å². The minimum Gasteiger partial charge on any atom is -0.340 e. The van der Waals surface area contributed by atoms with E-state index in [-0.39, 0.29) is 40.8 Å². The molecule has 1 saturated carbocycles. The molecule has 2 aromatic rings. The van der Waals surface area contributed by atoms with E-state index in [1.165, 1.54) is 16.4 Å². The molecule has 5 nitrogen and oxygen atoms in total. The van der Waals surface area contributed by atoms with E-state index in [1.54, 1.807) is 11.0 Å². The van der Waals surface area contributed by atoms with Crippen LogP contribution in [-0.2, 0) is 14.8 Å². The fourth-order valence-corrected chi connectivity index (χ4v) is 6.22. The maximum Gasteiger partial charge on any atom is 0.244 e. The van der Waals surface area contributed by atoms with E-state index in [9.17, 15) is 13.2 Å². The third kappa shape index (κ3) is 4.14. The highest BCUT2D eigenvalue weighted by Crippen LogP contribution is 2.50. The summed E-state index contributed by atoms with van der Waals surface area (Å²) in [4.78, 5) is 14.6. The topological polar surface area (TPSA) is 57.7 Å². The van der Waals surface area contributed by atoms with Crippen LogP contribution in [0.2, 0.25) is 15.1 Å². The van der Waals surface area contributed by atoms with Gasteiger partial charge in [-0.25, -0.2) is 8.42 Å². The van der Waals surface area contributed by atoms with Crippen molar-refractivity contribution in [3.05, 3.63) is 63.1 Å². The maximum absolute atomic E-state index is 12.9. The zero-order valence-corrected chi connectivity index (χ0v) is 18.5. The fraction of sp³-hybridized carbons (Fsp3) is 0.350. The van der Waals surface area contributed by atoms with Gasteiger partial charge in [0.15, 0.2) is 0 Å². The fourth-order valence-electron chi connectivity index (χ4n) is 3.78. The Hall–Kier alpha value is -1.31. The normalized spacial score (nSPS) is 22.5. The average Bonchev–Trinajstić information content (AvgIpc) is 3.50. The summed E-state index contributed by atoms with van der Waals surface area (Å²) in [6.07, 6.45) is 0.777. The van der Waals surface area contributed by atoms with Crippen LogP contribution in [0.4, 0.5) is 0 Å². The molecule has 29 heavy (non-hydrogen) atoms. The molecule has 2 unspecified atom stereocenters. The Morgan fingerprint density at radius 1 is 0.931 bits per heavy atom. The number of benzene rings is 2. The number of carbonyl (C=O) groups is 1. The Balaban J connectivity index is 1.40. The molecular weight excluding hydrogens is 455 g/mol. The van der Waals surface area contributed by atoms with Crippen LogP contribution in [0.5, 0.6) is 0 Å². The van der Waals surface area contributed by atoms with E-state index >= 15 is 0 Å². The molecule has 2 aliphatic rings. The van der Waals surface area contributed by atoms with Crippen LogP contribution in [0.3, 0.4) is 0 Å². The van der Waals surface area contributed by atoms with E-state index in [4.69, 9.17) is 34.8 Å². The standard InChI is InChI=1S/C20H19Cl3N2O3S/c21-13-5-6-18(23)19(11-13)29(27,28)25-9-7-24(8-10-25)20(26)16-12-15(16)14-3-1-2-4-17(14)22/h1-6,11,15-16H,7-10,12H2. The van der Waals surface area contributed by atoms with E-state index in [1.807, 2.05) is 24.3 Å². The van der Waals surface area contributed by atoms with E-state index in [2.05, 4.69) is 0 Å². The van der Waals surface area contributed by atoms with Crippen molar-refractivity contribution < 1.29 is 13.2 Å². The first-order valence-corrected chi connectivity index (χ1v) is 11.8. The molecule has 0 radical (unpaired) electrons. The molecule has 0 N–H and O–H groups in total. The molecule has 2 aromatic carbocycles. The van der Waals surface area contributed by atoms with Crippen LogP contribution in [0.1, 0.15) is 17.9 Å². The molecule has 154 valence electrons. The van der Waals surface area contributed by atoms with Crippen LogP contribution in [0.15, 0.2) is 47.4 Å². The summed E-state index contributed by atoms with van der Waals surface area (Å²) in [5.41, 5.74) is 1.00. The Labute approximate surface area is 185 Å². The molecule has 9 heteroatoms. The van der Waals surface area contributed by atoms with Crippen molar-refractivity contribution in [1.82, 2.24) is 9.21 Å². The lowest BCUT2D eigenvalue weighted by molar-refractivity contribution is -0.133. The minimum absolute atomic E-state index is 0.00702. The van der Waals surface area contributed by atoms with Crippen molar-refractivity contribution >= 4 is 50.7 Å². The Bertz CT molecular complexity index is 1050. The Morgan fingerprint density at radius 3 is 2.31 bits per heavy atom. The van der Waals surface area contributed by atoms with Crippen LogP contribution in [-0.4, -0.2) is 49.7 Å². The van der Waals surface area contributed by atoms with E-state index in [0.717, 1.165) is 12.0 Å². The molecule has 2 fully saturated rings. The molecule has 1 heterocycles. The quantitative estimate of drug-likeness (QED) is 0.666. The Morgan fingerprint density at radius 2 is 1.62 bits per heavy atom. The van der Waals surface area contributed by atoms with Crippen molar-refractivity contribution in [3.63, 3.8) is 0 Å². The van der Waals surface area contributed by atoms with Gasteiger partial charge in [-0.3, -0.25) is 4.79 Å². The average molecular weight is 474 g/mol. The number of hydrogen-bond acceptors (Lipinski definition) is 3. The number of rotatable bonds is 4. The summed E-state index contributed by atoms with van der Waals surface area (Å²) in [5.74, 6) is 0.122. The first-order valence-electron chi connectivity index (χ1n) is 9.27. The van der Waals surface area contributed by atoms with Crippen molar-refractivity contribution in [1.29, 1.82) is 0 Å². The first-order chi connectivity index (χ1) is 13.8. The number of nitrogens with zero attached hydrogens (tertiary/aromatic N) is 2. The second kappa shape index (κ2) is 8.08. The summed E-state index contributed by atoms with van der Waals surface area (Å²) in [6.45, 7) is 1.14. The SMILES string of the molecule is O=C(C1CC1c1ccccc1Cl)N1CCN(S(=O)(=O)c2cc(Cl)ccc2Cl)CC1. The minimum atomic E-state index is -3.77. The molecule has 1 aliphatic heterocycles. The summed E-state index contributed by atoms with van der Waals surface area (Å²) in [6, 6.07) is 12.0. The van der Waals surface area contributed by atoms with Gasteiger partial charge in [0.1, 0.15) is 4.90 Å². The molecule has 0 spiro atoms. The van der Waals surface area contributed by atoms with Gasteiger partial charge in [0.05, 0.1) is 5.02 Å². The lowest BCUT2D eigenvalue weighted by Gasteiger charge is -2.34. The van der Waals surface area contributed by atoms with Crippen molar-refractivity contribution in [2.24, 2.45) is 5.92 Å². The monoisotopic (exact) mass is 472 g/mol. The zero-order valence-electron chi connectivity index (χ0n) is 15.4. The van der Waals surface area contributed by atoms with Crippen LogP contribution >= 0.6 is 34.8 Å². The summed E-state index contributed by atoms with van der Waals surface area (Å²) in [7, 11) is -3.77. The van der Waals surface area contributed by atoms with Gasteiger partial charge < -0.3 is 4.90 Å².